The second kappa shape index (κ2) is 5.63. The molecule has 1 atom stereocenters. The van der Waals surface area contributed by atoms with Gasteiger partial charge in [-0.25, -0.2) is 4.39 Å². The smallest absolute Gasteiger partial charge is 0.168 e. The van der Waals surface area contributed by atoms with Crippen molar-refractivity contribution in [2.24, 2.45) is 0 Å². The van der Waals surface area contributed by atoms with E-state index < -0.39 is 6.67 Å². The molecule has 0 radical (unpaired) electrons. The number of likely N-dealkylation sites (N-methyl/N-ethyl adjacent to an activating group) is 1. The lowest BCUT2D eigenvalue weighted by Gasteiger charge is -2.41. The van der Waals surface area contributed by atoms with Gasteiger partial charge in [0.05, 0.1) is 7.11 Å². The zero-order valence-corrected chi connectivity index (χ0v) is 14.7. The lowest BCUT2D eigenvalue weighted by atomic mass is 9.74. The van der Waals surface area contributed by atoms with Crippen molar-refractivity contribution in [1.82, 2.24) is 4.90 Å². The monoisotopic (exact) mass is 343 g/mol. The molecule has 0 saturated carbocycles. The number of benzene rings is 2. The largest absolute Gasteiger partial charge is 0.507 e. The number of phenols is 2. The lowest BCUT2D eigenvalue weighted by molar-refractivity contribution is 0.226. The fourth-order valence-corrected chi connectivity index (χ4v) is 4.42. The summed E-state index contributed by atoms with van der Waals surface area (Å²) >= 11 is 0. The van der Waals surface area contributed by atoms with Crippen LogP contribution in [-0.2, 0) is 19.5 Å². The van der Waals surface area contributed by atoms with Gasteiger partial charge in [-0.15, -0.1) is 0 Å². The van der Waals surface area contributed by atoms with E-state index in [2.05, 4.69) is 11.9 Å². The predicted molar refractivity (Wildman–Crippen MR) is 94.1 cm³/mol. The number of phenolic OH excluding ortho intramolecular Hbond substituents is 2. The zero-order chi connectivity index (χ0) is 17.9. The third kappa shape index (κ3) is 2.15. The molecule has 5 heteroatoms. The van der Waals surface area contributed by atoms with Crippen LogP contribution < -0.4 is 4.74 Å². The standard InChI is InChI=1S/C20H22FNO3/c1-10-6-13-12(14(9-21)19(10)24)8-15-17-11(4-5-22(15)2)7-16(23)20(25-3)18(13)17/h6-7,15,23-24H,4-5,8-9H2,1-3H3. The van der Waals surface area contributed by atoms with Gasteiger partial charge in [0.25, 0.3) is 0 Å². The first-order valence-electron chi connectivity index (χ1n) is 8.51. The summed E-state index contributed by atoms with van der Waals surface area (Å²) in [6, 6.07) is 3.77. The van der Waals surface area contributed by atoms with Crippen molar-refractivity contribution >= 4 is 0 Å². The van der Waals surface area contributed by atoms with Crippen molar-refractivity contribution in [3.05, 3.63) is 39.9 Å². The number of halogens is 1. The number of fused-ring (bicyclic) bond motifs is 2. The Hall–Kier alpha value is -2.27. The first-order valence-corrected chi connectivity index (χ1v) is 8.51. The van der Waals surface area contributed by atoms with Crippen LogP contribution in [0.15, 0.2) is 12.1 Å². The van der Waals surface area contributed by atoms with Gasteiger partial charge in [0, 0.05) is 23.7 Å². The molecule has 25 heavy (non-hydrogen) atoms. The second-order valence-corrected chi connectivity index (χ2v) is 7.01. The summed E-state index contributed by atoms with van der Waals surface area (Å²) in [5, 5.41) is 20.8. The maximum absolute atomic E-state index is 13.8. The van der Waals surface area contributed by atoms with E-state index in [1.165, 1.54) is 7.11 Å². The van der Waals surface area contributed by atoms with Gasteiger partial charge in [0.1, 0.15) is 12.4 Å². The molecule has 1 aliphatic carbocycles. The zero-order valence-electron chi connectivity index (χ0n) is 14.7. The summed E-state index contributed by atoms with van der Waals surface area (Å²) in [5.74, 6) is 0.567. The number of methoxy groups -OCH3 is 1. The quantitative estimate of drug-likeness (QED) is 0.874. The first-order chi connectivity index (χ1) is 12.0. The SMILES string of the molecule is COc1c(O)cc2c3c1-c1cc(C)c(O)c(CF)c1CC3N(C)CC2. The summed E-state index contributed by atoms with van der Waals surface area (Å²) in [5.41, 5.74) is 5.78. The van der Waals surface area contributed by atoms with Gasteiger partial charge in [0.15, 0.2) is 11.5 Å². The molecule has 1 unspecified atom stereocenters. The number of aryl methyl sites for hydroxylation is 1. The minimum atomic E-state index is -0.713. The Morgan fingerprint density at radius 2 is 2.08 bits per heavy atom. The summed E-state index contributed by atoms with van der Waals surface area (Å²) in [4.78, 5) is 2.25. The van der Waals surface area contributed by atoms with Crippen molar-refractivity contribution in [3.8, 4) is 28.4 Å². The van der Waals surface area contributed by atoms with Gasteiger partial charge in [-0.3, -0.25) is 4.90 Å². The highest BCUT2D eigenvalue weighted by atomic mass is 19.1. The molecule has 0 bridgehead atoms. The highest BCUT2D eigenvalue weighted by molar-refractivity contribution is 5.85. The fourth-order valence-electron chi connectivity index (χ4n) is 4.42. The molecule has 2 aromatic carbocycles. The Morgan fingerprint density at radius 1 is 1.32 bits per heavy atom. The van der Waals surface area contributed by atoms with Crippen molar-refractivity contribution < 1.29 is 19.3 Å². The van der Waals surface area contributed by atoms with Gasteiger partial charge in [-0.05, 0) is 66.8 Å². The van der Waals surface area contributed by atoms with E-state index >= 15 is 0 Å². The number of aromatic hydroxyl groups is 2. The number of hydrogen-bond acceptors (Lipinski definition) is 4. The molecule has 0 aromatic heterocycles. The molecule has 0 saturated heterocycles. The normalized spacial score (nSPS) is 18.6. The van der Waals surface area contributed by atoms with Crippen LogP contribution in [0, 0.1) is 6.92 Å². The van der Waals surface area contributed by atoms with Crippen molar-refractivity contribution in [2.75, 3.05) is 20.7 Å². The Kier molecular flexibility index (Phi) is 3.65. The lowest BCUT2D eigenvalue weighted by Crippen LogP contribution is -2.36. The molecule has 132 valence electrons. The van der Waals surface area contributed by atoms with E-state index in [4.69, 9.17) is 4.74 Å². The third-order valence-electron chi connectivity index (χ3n) is 5.70. The molecular formula is C20H22FNO3. The Bertz CT molecular complexity index is 878. The maximum Gasteiger partial charge on any atom is 0.168 e. The minimum absolute atomic E-state index is 0.0301. The van der Waals surface area contributed by atoms with Crippen LogP contribution >= 0.6 is 0 Å². The number of nitrogens with zero attached hydrogens (tertiary/aromatic N) is 1. The number of ether oxygens (including phenoxy) is 1. The minimum Gasteiger partial charge on any atom is -0.507 e. The maximum atomic E-state index is 13.8. The first kappa shape index (κ1) is 16.2. The van der Waals surface area contributed by atoms with Crippen LogP contribution in [0.3, 0.4) is 0 Å². The van der Waals surface area contributed by atoms with Crippen molar-refractivity contribution in [3.63, 3.8) is 0 Å². The molecule has 0 fully saturated rings. The third-order valence-corrected chi connectivity index (χ3v) is 5.70. The molecule has 1 heterocycles. The van der Waals surface area contributed by atoms with E-state index in [-0.39, 0.29) is 17.5 Å². The molecule has 0 amide bonds. The van der Waals surface area contributed by atoms with Crippen LogP contribution in [-0.4, -0.2) is 35.8 Å². The van der Waals surface area contributed by atoms with E-state index in [0.29, 0.717) is 23.3 Å². The van der Waals surface area contributed by atoms with E-state index in [1.54, 1.807) is 13.0 Å². The molecule has 2 aromatic rings. The Morgan fingerprint density at radius 3 is 2.76 bits per heavy atom. The van der Waals surface area contributed by atoms with Gasteiger partial charge >= 0.3 is 0 Å². The number of alkyl halides is 1. The molecule has 1 aliphatic heterocycles. The van der Waals surface area contributed by atoms with Gasteiger partial charge in [0.2, 0.25) is 0 Å². The highest BCUT2D eigenvalue weighted by Gasteiger charge is 2.37. The topological polar surface area (TPSA) is 52.9 Å². The Labute approximate surface area is 146 Å². The number of hydrogen-bond donors (Lipinski definition) is 2. The molecule has 4 nitrogen and oxygen atoms in total. The molecule has 2 N–H and O–H groups in total. The molecule has 0 spiro atoms. The average Bonchev–Trinajstić information content (AvgIpc) is 2.59. The highest BCUT2D eigenvalue weighted by Crippen LogP contribution is 2.53. The van der Waals surface area contributed by atoms with Crippen molar-refractivity contribution in [2.45, 2.75) is 32.5 Å². The Balaban J connectivity index is 2.13. The molecule has 2 aliphatic rings. The predicted octanol–water partition coefficient (Wildman–Crippen LogP) is 3.64. The fraction of sp³-hybridized carbons (Fsp3) is 0.400. The summed E-state index contributed by atoms with van der Waals surface area (Å²) in [6.07, 6.45) is 1.50. The second-order valence-electron chi connectivity index (χ2n) is 7.01. The van der Waals surface area contributed by atoms with Gasteiger partial charge in [-0.2, -0.15) is 0 Å². The van der Waals surface area contributed by atoms with Gasteiger partial charge in [-0.1, -0.05) is 0 Å². The summed E-state index contributed by atoms with van der Waals surface area (Å²) in [7, 11) is 3.60. The number of rotatable bonds is 2. The summed E-state index contributed by atoms with van der Waals surface area (Å²) in [6.45, 7) is 1.94. The van der Waals surface area contributed by atoms with Crippen LogP contribution in [0.2, 0.25) is 0 Å². The van der Waals surface area contributed by atoms with Gasteiger partial charge < -0.3 is 14.9 Å². The van der Waals surface area contributed by atoms with Crippen LogP contribution in [0.25, 0.3) is 11.1 Å². The van der Waals surface area contributed by atoms with Crippen LogP contribution in [0.1, 0.15) is 33.9 Å². The van der Waals surface area contributed by atoms with Crippen LogP contribution in [0.5, 0.6) is 17.2 Å². The average molecular weight is 343 g/mol. The van der Waals surface area contributed by atoms with E-state index in [0.717, 1.165) is 40.8 Å². The van der Waals surface area contributed by atoms with E-state index in [1.807, 2.05) is 6.07 Å². The van der Waals surface area contributed by atoms with Crippen LogP contribution in [0.4, 0.5) is 4.39 Å². The molecule has 4 rings (SSSR count). The molecular weight excluding hydrogens is 321 g/mol. The summed E-state index contributed by atoms with van der Waals surface area (Å²) < 4.78 is 19.3. The van der Waals surface area contributed by atoms with E-state index in [9.17, 15) is 14.6 Å². The van der Waals surface area contributed by atoms with Crippen molar-refractivity contribution in [1.29, 1.82) is 0 Å².